The van der Waals surface area contributed by atoms with Crippen LogP contribution in [0.2, 0.25) is 0 Å². The van der Waals surface area contributed by atoms with Crippen LogP contribution in [0.25, 0.3) is 0 Å². The maximum absolute atomic E-state index is 5.82. The Morgan fingerprint density at radius 1 is 1.44 bits per heavy atom. The average Bonchev–Trinajstić information content (AvgIpc) is 2.62. The van der Waals surface area contributed by atoms with Gasteiger partial charge in [0.05, 0.1) is 5.56 Å². The van der Waals surface area contributed by atoms with Crippen LogP contribution in [0.5, 0.6) is 0 Å². The lowest BCUT2D eigenvalue weighted by Crippen LogP contribution is -2.21. The number of thiocarbonyl (C=S) groups is 1. The number of pyridine rings is 1. The topological polar surface area (TPSA) is 50.9 Å². The van der Waals surface area contributed by atoms with Gasteiger partial charge in [-0.3, -0.25) is 4.98 Å². The molecule has 4 heteroatoms. The average molecular weight is 263 g/mol. The molecule has 3 N–H and O–H groups in total. The van der Waals surface area contributed by atoms with E-state index in [1.165, 1.54) is 19.3 Å². The normalized spacial score (nSPS) is 23.1. The summed E-state index contributed by atoms with van der Waals surface area (Å²) in [6, 6.07) is 2.58. The van der Waals surface area contributed by atoms with E-state index in [1.807, 2.05) is 19.9 Å². The van der Waals surface area contributed by atoms with Gasteiger partial charge in [0.2, 0.25) is 0 Å². The van der Waals surface area contributed by atoms with Gasteiger partial charge in [0.15, 0.2) is 0 Å². The molecule has 0 aliphatic heterocycles. The van der Waals surface area contributed by atoms with Crippen LogP contribution in [0, 0.1) is 19.8 Å². The molecular formula is C14H21N3S. The van der Waals surface area contributed by atoms with Gasteiger partial charge in [-0.05, 0) is 45.1 Å². The molecule has 1 aliphatic rings. The van der Waals surface area contributed by atoms with Gasteiger partial charge in [-0.1, -0.05) is 19.1 Å². The predicted octanol–water partition coefficient (Wildman–Crippen LogP) is 2.93. The molecule has 2 unspecified atom stereocenters. The lowest BCUT2D eigenvalue weighted by molar-refractivity contribution is 0.602. The minimum atomic E-state index is 0.425. The van der Waals surface area contributed by atoms with Crippen molar-refractivity contribution in [2.75, 3.05) is 5.32 Å². The summed E-state index contributed by atoms with van der Waals surface area (Å²) < 4.78 is 0. The van der Waals surface area contributed by atoms with Gasteiger partial charge in [-0.25, -0.2) is 0 Å². The van der Waals surface area contributed by atoms with E-state index >= 15 is 0 Å². The number of anilines is 1. The van der Waals surface area contributed by atoms with E-state index in [2.05, 4.69) is 17.2 Å². The number of aryl methyl sites for hydroxylation is 2. The molecule has 1 heterocycles. The predicted molar refractivity (Wildman–Crippen MR) is 80.0 cm³/mol. The van der Waals surface area contributed by atoms with Crippen LogP contribution in [-0.4, -0.2) is 16.0 Å². The first-order chi connectivity index (χ1) is 8.47. The fourth-order valence-electron chi connectivity index (χ4n) is 2.81. The van der Waals surface area contributed by atoms with Crippen molar-refractivity contribution in [3.63, 3.8) is 0 Å². The molecule has 2 rings (SSSR count). The van der Waals surface area contributed by atoms with Crippen molar-refractivity contribution in [2.24, 2.45) is 11.7 Å². The molecule has 1 aliphatic carbocycles. The van der Waals surface area contributed by atoms with Crippen LogP contribution in [0.15, 0.2) is 6.07 Å². The van der Waals surface area contributed by atoms with Crippen LogP contribution in [0.3, 0.4) is 0 Å². The minimum Gasteiger partial charge on any atom is -0.389 e. The first kappa shape index (κ1) is 13.3. The van der Waals surface area contributed by atoms with E-state index in [0.29, 0.717) is 11.0 Å². The highest BCUT2D eigenvalue weighted by Gasteiger charge is 2.22. The largest absolute Gasteiger partial charge is 0.389 e. The first-order valence-corrected chi connectivity index (χ1v) is 6.92. The van der Waals surface area contributed by atoms with E-state index in [0.717, 1.165) is 28.6 Å². The Hall–Kier alpha value is -1.16. The number of nitrogens with one attached hydrogen (secondary N) is 1. The van der Waals surface area contributed by atoms with E-state index in [9.17, 15) is 0 Å². The highest BCUT2D eigenvalue weighted by atomic mass is 32.1. The molecule has 0 saturated heterocycles. The van der Waals surface area contributed by atoms with Gasteiger partial charge in [0.25, 0.3) is 0 Å². The Kier molecular flexibility index (Phi) is 3.85. The monoisotopic (exact) mass is 263 g/mol. The van der Waals surface area contributed by atoms with Gasteiger partial charge in [-0.15, -0.1) is 0 Å². The molecule has 98 valence electrons. The zero-order valence-electron chi connectivity index (χ0n) is 11.3. The Balaban J connectivity index is 2.28. The fraction of sp³-hybridized carbons (Fsp3) is 0.571. The van der Waals surface area contributed by atoms with Crippen LogP contribution in [0.1, 0.15) is 43.1 Å². The van der Waals surface area contributed by atoms with Gasteiger partial charge in [0, 0.05) is 23.1 Å². The lowest BCUT2D eigenvalue weighted by atomic mass is 10.1. The molecule has 1 aromatic heterocycles. The summed E-state index contributed by atoms with van der Waals surface area (Å²) in [5.74, 6) is 0.805. The summed E-state index contributed by atoms with van der Waals surface area (Å²) in [6.45, 7) is 6.27. The third kappa shape index (κ3) is 2.80. The van der Waals surface area contributed by atoms with Crippen molar-refractivity contribution < 1.29 is 0 Å². The van der Waals surface area contributed by atoms with E-state index in [4.69, 9.17) is 18.0 Å². The molecule has 1 fully saturated rings. The third-order valence-electron chi connectivity index (χ3n) is 3.63. The summed E-state index contributed by atoms with van der Waals surface area (Å²) in [6.07, 6.45) is 3.73. The molecule has 18 heavy (non-hydrogen) atoms. The molecular weight excluding hydrogens is 242 g/mol. The maximum atomic E-state index is 5.82. The van der Waals surface area contributed by atoms with Crippen LogP contribution in [-0.2, 0) is 0 Å². The first-order valence-electron chi connectivity index (χ1n) is 6.52. The Bertz CT molecular complexity index is 470. The van der Waals surface area contributed by atoms with Crippen LogP contribution in [0.4, 0.5) is 5.69 Å². The number of rotatable bonds is 3. The van der Waals surface area contributed by atoms with Gasteiger partial charge in [0.1, 0.15) is 4.99 Å². The molecule has 0 radical (unpaired) electrons. The quantitative estimate of drug-likeness (QED) is 0.823. The van der Waals surface area contributed by atoms with Crippen LogP contribution < -0.4 is 11.1 Å². The molecule has 0 aromatic carbocycles. The Labute approximate surface area is 114 Å². The lowest BCUT2D eigenvalue weighted by Gasteiger charge is -2.18. The SMILES string of the molecule is Cc1cc(NC2CCC(C)C2)c(C(N)=S)c(C)n1. The Morgan fingerprint density at radius 2 is 2.17 bits per heavy atom. The standard InChI is InChI=1S/C14H21N3S/c1-8-4-5-11(6-8)17-12-7-9(2)16-10(3)13(12)14(15)18/h7-8,11H,4-6H2,1-3H3,(H2,15,18)(H,16,17). The van der Waals surface area contributed by atoms with Crippen LogP contribution >= 0.6 is 12.2 Å². The molecule has 3 nitrogen and oxygen atoms in total. The molecule has 1 saturated carbocycles. The number of nitrogens with zero attached hydrogens (tertiary/aromatic N) is 1. The van der Waals surface area contributed by atoms with E-state index in [1.54, 1.807) is 0 Å². The second kappa shape index (κ2) is 5.22. The number of hydrogen-bond donors (Lipinski definition) is 2. The second-order valence-corrected chi connectivity index (χ2v) is 5.84. The van der Waals surface area contributed by atoms with Gasteiger partial charge < -0.3 is 11.1 Å². The second-order valence-electron chi connectivity index (χ2n) is 5.40. The molecule has 0 spiro atoms. The third-order valence-corrected chi connectivity index (χ3v) is 3.83. The molecule has 0 bridgehead atoms. The summed E-state index contributed by atoms with van der Waals surface area (Å²) >= 11 is 5.14. The van der Waals surface area contributed by atoms with Gasteiger partial charge in [-0.2, -0.15) is 0 Å². The Morgan fingerprint density at radius 3 is 2.72 bits per heavy atom. The number of nitrogens with two attached hydrogens (primary N) is 1. The maximum Gasteiger partial charge on any atom is 0.107 e. The van der Waals surface area contributed by atoms with Crippen molar-refractivity contribution in [3.8, 4) is 0 Å². The minimum absolute atomic E-state index is 0.425. The van der Waals surface area contributed by atoms with Crippen molar-refractivity contribution in [1.29, 1.82) is 0 Å². The summed E-state index contributed by atoms with van der Waals surface area (Å²) in [5.41, 5.74) is 9.68. The summed E-state index contributed by atoms with van der Waals surface area (Å²) in [5, 5.41) is 3.60. The summed E-state index contributed by atoms with van der Waals surface area (Å²) in [7, 11) is 0. The number of aromatic nitrogens is 1. The summed E-state index contributed by atoms with van der Waals surface area (Å²) in [4.78, 5) is 4.86. The zero-order valence-corrected chi connectivity index (χ0v) is 12.1. The fourth-order valence-corrected chi connectivity index (χ4v) is 3.07. The highest BCUT2D eigenvalue weighted by Crippen LogP contribution is 2.29. The van der Waals surface area contributed by atoms with Crippen molar-refractivity contribution in [3.05, 3.63) is 23.0 Å². The molecule has 2 atom stereocenters. The van der Waals surface area contributed by atoms with E-state index < -0.39 is 0 Å². The molecule has 1 aromatic rings. The molecule has 0 amide bonds. The van der Waals surface area contributed by atoms with E-state index in [-0.39, 0.29) is 0 Å². The highest BCUT2D eigenvalue weighted by molar-refractivity contribution is 7.80. The van der Waals surface area contributed by atoms with Crippen molar-refractivity contribution >= 4 is 22.9 Å². The zero-order chi connectivity index (χ0) is 13.3. The number of hydrogen-bond acceptors (Lipinski definition) is 3. The van der Waals surface area contributed by atoms with Crippen molar-refractivity contribution in [1.82, 2.24) is 4.98 Å². The van der Waals surface area contributed by atoms with Crippen molar-refractivity contribution in [2.45, 2.75) is 46.1 Å². The smallest absolute Gasteiger partial charge is 0.107 e. The van der Waals surface area contributed by atoms with Gasteiger partial charge >= 0.3 is 0 Å².